The maximum absolute atomic E-state index is 12.9. The molecular weight excluding hydrogens is 294 g/mol. The van der Waals surface area contributed by atoms with Crippen molar-refractivity contribution in [1.29, 1.82) is 0 Å². The Labute approximate surface area is 133 Å². The fraction of sp³-hybridized carbons (Fsp3) is 0.294. The Kier molecular flexibility index (Phi) is 4.06. The quantitative estimate of drug-likeness (QED) is 0.692. The number of hydrogen-bond acceptors (Lipinski definition) is 4. The molecule has 6 heteroatoms. The zero-order valence-corrected chi connectivity index (χ0v) is 12.6. The Morgan fingerprint density at radius 2 is 1.87 bits per heavy atom. The van der Waals surface area contributed by atoms with E-state index >= 15 is 0 Å². The fourth-order valence-corrected chi connectivity index (χ4v) is 3.21. The SMILES string of the molecule is O=C(Nc1cccnc1)C1(c2ccc([N+](=O)[O-])cc2)CCCC1. The third kappa shape index (κ3) is 2.92. The Morgan fingerprint density at radius 1 is 1.17 bits per heavy atom. The predicted octanol–water partition coefficient (Wildman–Crippen LogP) is 3.44. The molecule has 0 atom stereocenters. The highest BCUT2D eigenvalue weighted by atomic mass is 16.6. The van der Waals surface area contributed by atoms with Crippen LogP contribution in [0.3, 0.4) is 0 Å². The van der Waals surface area contributed by atoms with Crippen LogP contribution in [-0.2, 0) is 10.2 Å². The van der Waals surface area contributed by atoms with E-state index in [1.807, 2.05) is 0 Å². The van der Waals surface area contributed by atoms with Gasteiger partial charge in [-0.2, -0.15) is 0 Å². The lowest BCUT2D eigenvalue weighted by Gasteiger charge is -2.28. The van der Waals surface area contributed by atoms with Crippen LogP contribution >= 0.6 is 0 Å². The van der Waals surface area contributed by atoms with E-state index in [0.29, 0.717) is 5.69 Å². The number of nitrogens with one attached hydrogen (secondary N) is 1. The van der Waals surface area contributed by atoms with Crippen LogP contribution in [0.1, 0.15) is 31.2 Å². The fourth-order valence-electron chi connectivity index (χ4n) is 3.21. The van der Waals surface area contributed by atoms with Crippen LogP contribution < -0.4 is 5.32 Å². The number of amides is 1. The van der Waals surface area contributed by atoms with Crippen molar-refractivity contribution in [2.24, 2.45) is 0 Å². The van der Waals surface area contributed by atoms with E-state index in [4.69, 9.17) is 0 Å². The number of benzene rings is 1. The number of rotatable bonds is 4. The molecule has 1 aliphatic carbocycles. The van der Waals surface area contributed by atoms with Crippen LogP contribution in [0, 0.1) is 10.1 Å². The van der Waals surface area contributed by atoms with E-state index in [1.54, 1.807) is 36.7 Å². The first-order chi connectivity index (χ1) is 11.1. The molecule has 1 N–H and O–H groups in total. The van der Waals surface area contributed by atoms with Crippen LogP contribution in [0.15, 0.2) is 48.8 Å². The molecule has 0 spiro atoms. The van der Waals surface area contributed by atoms with Crippen molar-refractivity contribution in [3.05, 3.63) is 64.5 Å². The van der Waals surface area contributed by atoms with E-state index in [-0.39, 0.29) is 11.6 Å². The number of aromatic nitrogens is 1. The summed E-state index contributed by atoms with van der Waals surface area (Å²) in [5.41, 5.74) is 0.910. The zero-order valence-electron chi connectivity index (χ0n) is 12.6. The lowest BCUT2D eigenvalue weighted by atomic mass is 9.78. The number of carbonyl (C=O) groups excluding carboxylic acids is 1. The zero-order chi connectivity index (χ0) is 16.3. The highest BCUT2D eigenvalue weighted by Gasteiger charge is 2.42. The molecule has 0 bridgehead atoms. The minimum atomic E-state index is -0.620. The molecular formula is C17H17N3O3. The molecule has 1 fully saturated rings. The third-order valence-electron chi connectivity index (χ3n) is 4.44. The van der Waals surface area contributed by atoms with Crippen LogP contribution in [0.25, 0.3) is 0 Å². The molecule has 6 nitrogen and oxygen atoms in total. The molecule has 1 heterocycles. The van der Waals surface area contributed by atoms with Crippen molar-refractivity contribution in [2.45, 2.75) is 31.1 Å². The molecule has 0 aliphatic heterocycles. The van der Waals surface area contributed by atoms with Crippen molar-refractivity contribution in [3.8, 4) is 0 Å². The van der Waals surface area contributed by atoms with E-state index in [2.05, 4.69) is 10.3 Å². The minimum Gasteiger partial charge on any atom is -0.324 e. The van der Waals surface area contributed by atoms with Gasteiger partial charge in [0.05, 0.1) is 22.2 Å². The van der Waals surface area contributed by atoms with E-state index in [0.717, 1.165) is 31.2 Å². The Hall–Kier alpha value is -2.76. The topological polar surface area (TPSA) is 85.1 Å². The Balaban J connectivity index is 1.90. The normalized spacial score (nSPS) is 16.0. The van der Waals surface area contributed by atoms with Gasteiger partial charge in [-0.05, 0) is 30.5 Å². The molecule has 2 aromatic rings. The average molecular weight is 311 g/mol. The maximum atomic E-state index is 12.9. The summed E-state index contributed by atoms with van der Waals surface area (Å²) in [7, 11) is 0. The summed E-state index contributed by atoms with van der Waals surface area (Å²) in [6, 6.07) is 9.89. The molecule has 118 valence electrons. The molecule has 3 rings (SSSR count). The molecule has 1 amide bonds. The number of pyridine rings is 1. The first-order valence-electron chi connectivity index (χ1n) is 7.58. The minimum absolute atomic E-state index is 0.0366. The van der Waals surface area contributed by atoms with Crippen LogP contribution in [0.2, 0.25) is 0 Å². The molecule has 0 unspecified atom stereocenters. The molecule has 1 aliphatic rings. The van der Waals surface area contributed by atoms with Crippen molar-refractivity contribution in [2.75, 3.05) is 5.32 Å². The second kappa shape index (κ2) is 6.16. The number of nitro groups is 1. The lowest BCUT2D eigenvalue weighted by Crippen LogP contribution is -2.38. The van der Waals surface area contributed by atoms with E-state index in [1.165, 1.54) is 12.1 Å². The third-order valence-corrected chi connectivity index (χ3v) is 4.44. The van der Waals surface area contributed by atoms with Gasteiger partial charge in [-0.1, -0.05) is 25.0 Å². The standard InChI is InChI=1S/C17H17N3O3/c21-16(19-14-4-3-11-18-12-14)17(9-1-2-10-17)13-5-7-15(8-6-13)20(22)23/h3-8,11-12H,1-2,9-10H2,(H,19,21). The van der Waals surface area contributed by atoms with Crippen molar-refractivity contribution in [1.82, 2.24) is 4.98 Å². The van der Waals surface area contributed by atoms with Gasteiger partial charge in [0, 0.05) is 18.3 Å². The van der Waals surface area contributed by atoms with Gasteiger partial charge in [0.15, 0.2) is 0 Å². The highest BCUT2D eigenvalue weighted by Crippen LogP contribution is 2.42. The number of nitrogens with zero attached hydrogens (tertiary/aromatic N) is 2. The van der Waals surface area contributed by atoms with E-state index in [9.17, 15) is 14.9 Å². The smallest absolute Gasteiger partial charge is 0.269 e. The van der Waals surface area contributed by atoms with Gasteiger partial charge in [-0.25, -0.2) is 0 Å². The van der Waals surface area contributed by atoms with Gasteiger partial charge in [0.1, 0.15) is 0 Å². The molecule has 1 aromatic carbocycles. The van der Waals surface area contributed by atoms with Gasteiger partial charge in [0.2, 0.25) is 5.91 Å². The second-order valence-electron chi connectivity index (χ2n) is 5.79. The monoisotopic (exact) mass is 311 g/mol. The van der Waals surface area contributed by atoms with Crippen LogP contribution in [-0.4, -0.2) is 15.8 Å². The lowest BCUT2D eigenvalue weighted by molar-refractivity contribution is -0.384. The van der Waals surface area contributed by atoms with Crippen molar-refractivity contribution < 1.29 is 9.72 Å². The Bertz CT molecular complexity index is 708. The summed E-state index contributed by atoms with van der Waals surface area (Å²) in [6.07, 6.45) is 6.69. The van der Waals surface area contributed by atoms with Crippen molar-refractivity contribution in [3.63, 3.8) is 0 Å². The summed E-state index contributed by atoms with van der Waals surface area (Å²) in [5, 5.41) is 13.7. The Morgan fingerprint density at radius 3 is 2.43 bits per heavy atom. The first-order valence-corrected chi connectivity index (χ1v) is 7.58. The number of non-ortho nitro benzene ring substituents is 1. The average Bonchev–Trinajstić information content (AvgIpc) is 3.07. The van der Waals surface area contributed by atoms with Gasteiger partial charge in [-0.3, -0.25) is 19.9 Å². The van der Waals surface area contributed by atoms with Gasteiger partial charge < -0.3 is 5.32 Å². The number of anilines is 1. The highest BCUT2D eigenvalue weighted by molar-refractivity contribution is 5.99. The number of nitro benzene ring substituents is 1. The van der Waals surface area contributed by atoms with E-state index < -0.39 is 10.3 Å². The molecule has 0 radical (unpaired) electrons. The summed E-state index contributed by atoms with van der Waals surface area (Å²) in [6.45, 7) is 0. The summed E-state index contributed by atoms with van der Waals surface area (Å²) >= 11 is 0. The van der Waals surface area contributed by atoms with Gasteiger partial charge in [-0.15, -0.1) is 0 Å². The molecule has 1 aromatic heterocycles. The van der Waals surface area contributed by atoms with Crippen LogP contribution in [0.5, 0.6) is 0 Å². The van der Waals surface area contributed by atoms with Crippen LogP contribution in [0.4, 0.5) is 11.4 Å². The molecule has 23 heavy (non-hydrogen) atoms. The summed E-state index contributed by atoms with van der Waals surface area (Å²) in [5.74, 6) is -0.0724. The van der Waals surface area contributed by atoms with Crippen molar-refractivity contribution >= 4 is 17.3 Å². The summed E-state index contributed by atoms with van der Waals surface area (Å²) < 4.78 is 0. The first kappa shape index (κ1) is 15.1. The maximum Gasteiger partial charge on any atom is 0.269 e. The predicted molar refractivity (Wildman–Crippen MR) is 86.1 cm³/mol. The summed E-state index contributed by atoms with van der Waals surface area (Å²) in [4.78, 5) is 27.3. The number of hydrogen-bond donors (Lipinski definition) is 1. The largest absolute Gasteiger partial charge is 0.324 e. The molecule has 0 saturated heterocycles. The molecule has 1 saturated carbocycles. The number of carbonyl (C=O) groups is 1. The van der Waals surface area contributed by atoms with Gasteiger partial charge in [0.25, 0.3) is 5.69 Å². The van der Waals surface area contributed by atoms with Gasteiger partial charge >= 0.3 is 0 Å². The second-order valence-corrected chi connectivity index (χ2v) is 5.79.